The number of halogens is 3. The third-order valence-electron chi connectivity index (χ3n) is 5.62. The highest BCUT2D eigenvalue weighted by Gasteiger charge is 2.35. The number of aromatic nitrogens is 4. The summed E-state index contributed by atoms with van der Waals surface area (Å²) in [6.07, 6.45) is 1.08. The summed E-state index contributed by atoms with van der Waals surface area (Å²) in [7, 11) is 0. The van der Waals surface area contributed by atoms with E-state index in [4.69, 9.17) is 0 Å². The zero-order valence-electron chi connectivity index (χ0n) is 17.0. The first-order valence-corrected chi connectivity index (χ1v) is 10.1. The number of nitrogens with one attached hydrogen (secondary N) is 1. The lowest BCUT2D eigenvalue weighted by Gasteiger charge is -2.32. The molecular weight excluding hydrogens is 395 g/mol. The van der Waals surface area contributed by atoms with E-state index in [0.717, 1.165) is 50.7 Å². The van der Waals surface area contributed by atoms with Gasteiger partial charge in [0.1, 0.15) is 0 Å². The number of rotatable bonds is 4. The molecule has 1 aliphatic heterocycles. The molecule has 0 bridgehead atoms. The molecule has 1 fully saturated rings. The highest BCUT2D eigenvalue weighted by Crippen LogP contribution is 2.34. The van der Waals surface area contributed by atoms with Gasteiger partial charge in [-0.3, -0.25) is 19.4 Å². The molecular formula is C21H24F3N5O. The molecule has 3 aromatic heterocycles. The third kappa shape index (κ3) is 4.12. The van der Waals surface area contributed by atoms with Gasteiger partial charge in [0.05, 0.1) is 22.7 Å². The second kappa shape index (κ2) is 7.86. The van der Waals surface area contributed by atoms with Crippen LogP contribution in [-0.4, -0.2) is 37.7 Å². The van der Waals surface area contributed by atoms with Crippen molar-refractivity contribution in [2.45, 2.75) is 51.9 Å². The molecule has 9 heteroatoms. The summed E-state index contributed by atoms with van der Waals surface area (Å²) in [6, 6.07) is 2.54. The van der Waals surface area contributed by atoms with Crippen LogP contribution in [0.3, 0.4) is 0 Å². The third-order valence-corrected chi connectivity index (χ3v) is 5.62. The number of hydrogen-bond donors (Lipinski definition) is 1. The fourth-order valence-corrected chi connectivity index (χ4v) is 4.23. The zero-order chi connectivity index (χ0) is 21.5. The summed E-state index contributed by atoms with van der Waals surface area (Å²) >= 11 is 0. The largest absolute Gasteiger partial charge is 0.417 e. The van der Waals surface area contributed by atoms with Crippen LogP contribution in [0, 0.1) is 6.92 Å². The minimum Gasteiger partial charge on any atom is -0.325 e. The van der Waals surface area contributed by atoms with E-state index in [1.807, 2.05) is 24.0 Å². The second-order valence-corrected chi connectivity index (χ2v) is 7.90. The Hall–Kier alpha value is -2.68. The molecule has 1 unspecified atom stereocenters. The summed E-state index contributed by atoms with van der Waals surface area (Å²) in [5.74, 6) is 0.0359. The molecule has 30 heavy (non-hydrogen) atoms. The predicted octanol–water partition coefficient (Wildman–Crippen LogP) is 3.85. The molecule has 3 aromatic rings. The molecule has 0 saturated carbocycles. The van der Waals surface area contributed by atoms with Crippen molar-refractivity contribution in [3.05, 3.63) is 57.4 Å². The molecule has 1 saturated heterocycles. The number of nitrogens with zero attached hydrogens (tertiary/aromatic N) is 4. The number of aryl methyl sites for hydroxylation is 2. The van der Waals surface area contributed by atoms with Crippen LogP contribution >= 0.6 is 0 Å². The number of likely N-dealkylation sites (tertiary alicyclic amines) is 1. The predicted molar refractivity (Wildman–Crippen MR) is 107 cm³/mol. The molecule has 0 aliphatic carbocycles. The number of H-pyrrole nitrogens is 1. The Morgan fingerprint density at radius 2 is 2.10 bits per heavy atom. The van der Waals surface area contributed by atoms with Crippen LogP contribution in [0.15, 0.2) is 29.3 Å². The average molecular weight is 419 g/mol. The molecule has 6 nitrogen and oxygen atoms in total. The van der Waals surface area contributed by atoms with E-state index in [2.05, 4.69) is 20.0 Å². The van der Waals surface area contributed by atoms with Gasteiger partial charge in [0, 0.05) is 48.7 Å². The van der Waals surface area contributed by atoms with Crippen LogP contribution in [0.5, 0.6) is 0 Å². The number of alkyl halides is 3. The van der Waals surface area contributed by atoms with E-state index in [1.54, 1.807) is 6.07 Å². The maximum Gasteiger partial charge on any atom is 0.417 e. The van der Waals surface area contributed by atoms with Gasteiger partial charge in [-0.25, -0.2) is 0 Å². The van der Waals surface area contributed by atoms with Gasteiger partial charge < -0.3 is 4.98 Å². The highest BCUT2D eigenvalue weighted by molar-refractivity contribution is 5.82. The Labute approximate surface area is 171 Å². The molecule has 0 spiro atoms. The first-order chi connectivity index (χ1) is 14.2. The van der Waals surface area contributed by atoms with Gasteiger partial charge in [-0.15, -0.1) is 0 Å². The lowest BCUT2D eigenvalue weighted by atomic mass is 9.93. The molecule has 160 valence electrons. The van der Waals surface area contributed by atoms with E-state index in [9.17, 15) is 18.0 Å². The SMILES string of the molecule is CCn1cc(CN2CCCC(c3cc4nc(C)cc(C(F)(F)F)c4c(=O)[nH]3)C2)cn1. The molecule has 1 N–H and O–H groups in total. The Morgan fingerprint density at radius 3 is 2.80 bits per heavy atom. The van der Waals surface area contributed by atoms with Gasteiger partial charge in [-0.1, -0.05) is 0 Å². The van der Waals surface area contributed by atoms with Crippen LogP contribution < -0.4 is 5.56 Å². The Morgan fingerprint density at radius 1 is 1.30 bits per heavy atom. The van der Waals surface area contributed by atoms with Gasteiger partial charge in [0.2, 0.25) is 0 Å². The van der Waals surface area contributed by atoms with Crippen molar-refractivity contribution in [2.75, 3.05) is 13.1 Å². The standard InChI is InChI=1S/C21H24F3N5O/c1-3-29-11-14(9-25-29)10-28-6-4-5-15(12-28)17-8-18-19(20(30)27-17)16(21(22,23)24)7-13(2)26-18/h7-9,11,15H,3-6,10,12H2,1-2H3,(H,27,30). The number of aromatic amines is 1. The van der Waals surface area contributed by atoms with Gasteiger partial charge >= 0.3 is 6.18 Å². The fraction of sp³-hybridized carbons (Fsp3) is 0.476. The van der Waals surface area contributed by atoms with Gasteiger partial charge in [0.25, 0.3) is 5.56 Å². The highest BCUT2D eigenvalue weighted by atomic mass is 19.4. The van der Waals surface area contributed by atoms with Crippen molar-refractivity contribution in [1.29, 1.82) is 0 Å². The number of piperidine rings is 1. The first kappa shape index (κ1) is 20.6. The number of pyridine rings is 2. The van der Waals surface area contributed by atoms with Gasteiger partial charge in [0.15, 0.2) is 0 Å². The monoisotopic (exact) mass is 419 g/mol. The lowest BCUT2D eigenvalue weighted by molar-refractivity contribution is -0.136. The van der Waals surface area contributed by atoms with Crippen molar-refractivity contribution in [1.82, 2.24) is 24.6 Å². The molecule has 1 atom stereocenters. The van der Waals surface area contributed by atoms with Crippen LogP contribution in [-0.2, 0) is 19.3 Å². The van der Waals surface area contributed by atoms with E-state index >= 15 is 0 Å². The fourth-order valence-electron chi connectivity index (χ4n) is 4.23. The van der Waals surface area contributed by atoms with Crippen molar-refractivity contribution >= 4 is 10.9 Å². The summed E-state index contributed by atoms with van der Waals surface area (Å²) in [5, 5.41) is 3.91. The molecule has 4 rings (SSSR count). The summed E-state index contributed by atoms with van der Waals surface area (Å²) in [5.41, 5.74) is 0.441. The Bertz CT molecular complexity index is 1120. The van der Waals surface area contributed by atoms with Crippen molar-refractivity contribution in [2.24, 2.45) is 0 Å². The summed E-state index contributed by atoms with van der Waals surface area (Å²) in [6.45, 7) is 6.76. The van der Waals surface area contributed by atoms with E-state index < -0.39 is 22.7 Å². The normalized spacial score (nSPS) is 18.2. The van der Waals surface area contributed by atoms with Crippen LogP contribution in [0.25, 0.3) is 10.9 Å². The molecule has 1 aliphatic rings. The number of fused-ring (bicyclic) bond motifs is 1. The zero-order valence-corrected chi connectivity index (χ0v) is 17.0. The van der Waals surface area contributed by atoms with Crippen molar-refractivity contribution in [3.63, 3.8) is 0 Å². The average Bonchev–Trinajstić information content (AvgIpc) is 3.14. The molecule has 0 aromatic carbocycles. The van der Waals surface area contributed by atoms with Crippen molar-refractivity contribution < 1.29 is 13.2 Å². The molecule has 0 amide bonds. The van der Waals surface area contributed by atoms with E-state index in [-0.39, 0.29) is 17.1 Å². The summed E-state index contributed by atoms with van der Waals surface area (Å²) < 4.78 is 42.2. The van der Waals surface area contributed by atoms with Gasteiger partial charge in [-0.2, -0.15) is 18.3 Å². The second-order valence-electron chi connectivity index (χ2n) is 7.90. The van der Waals surface area contributed by atoms with Crippen molar-refractivity contribution in [3.8, 4) is 0 Å². The Balaban J connectivity index is 1.63. The minimum absolute atomic E-state index is 0.0359. The quantitative estimate of drug-likeness (QED) is 0.698. The summed E-state index contributed by atoms with van der Waals surface area (Å²) in [4.78, 5) is 21.8. The van der Waals surface area contributed by atoms with E-state index in [0.29, 0.717) is 5.69 Å². The number of hydrogen-bond acceptors (Lipinski definition) is 4. The van der Waals surface area contributed by atoms with Crippen LogP contribution in [0.4, 0.5) is 13.2 Å². The smallest absolute Gasteiger partial charge is 0.325 e. The van der Waals surface area contributed by atoms with Crippen LogP contribution in [0.2, 0.25) is 0 Å². The van der Waals surface area contributed by atoms with Crippen LogP contribution in [0.1, 0.15) is 48.2 Å². The Kier molecular flexibility index (Phi) is 5.40. The molecule has 4 heterocycles. The first-order valence-electron chi connectivity index (χ1n) is 10.1. The van der Waals surface area contributed by atoms with Gasteiger partial charge in [-0.05, 0) is 45.4 Å². The maximum atomic E-state index is 13.4. The van der Waals surface area contributed by atoms with E-state index in [1.165, 1.54) is 6.92 Å². The minimum atomic E-state index is -4.61. The lowest BCUT2D eigenvalue weighted by Crippen LogP contribution is -2.34. The molecule has 0 radical (unpaired) electrons. The maximum absolute atomic E-state index is 13.4. The topological polar surface area (TPSA) is 66.8 Å².